The van der Waals surface area contributed by atoms with Crippen molar-refractivity contribution in [2.24, 2.45) is 0 Å². The molecule has 0 amide bonds. The lowest BCUT2D eigenvalue weighted by Crippen LogP contribution is -2.22. The van der Waals surface area contributed by atoms with E-state index < -0.39 is 0 Å². The Balaban J connectivity index is 2.38. The summed E-state index contributed by atoms with van der Waals surface area (Å²) in [4.78, 5) is 11.8. The second kappa shape index (κ2) is 4.53. The Kier molecular flexibility index (Phi) is 3.09. The van der Waals surface area contributed by atoms with Crippen molar-refractivity contribution in [1.82, 2.24) is 4.57 Å². The molecule has 3 heteroatoms. The summed E-state index contributed by atoms with van der Waals surface area (Å²) in [5.74, 6) is -0.247. The summed E-state index contributed by atoms with van der Waals surface area (Å²) < 4.78 is 14.6. The lowest BCUT2D eigenvalue weighted by atomic mass is 10.1. The van der Waals surface area contributed by atoms with E-state index in [4.69, 9.17) is 0 Å². The van der Waals surface area contributed by atoms with E-state index in [1.54, 1.807) is 29.8 Å². The molecule has 0 aliphatic heterocycles. The smallest absolute Gasteiger partial charge is 0.253 e. The summed E-state index contributed by atoms with van der Waals surface area (Å²) in [5.41, 5.74) is 2.53. The topological polar surface area (TPSA) is 22.0 Å². The molecule has 0 aliphatic carbocycles. The van der Waals surface area contributed by atoms with Crippen LogP contribution in [0, 0.1) is 19.7 Å². The highest BCUT2D eigenvalue weighted by molar-refractivity contribution is 5.27. The molecule has 0 atom stereocenters. The minimum atomic E-state index is -0.247. The molecule has 0 N–H and O–H groups in total. The van der Waals surface area contributed by atoms with Crippen LogP contribution in [-0.2, 0) is 6.54 Å². The molecule has 2 aromatic rings. The monoisotopic (exact) mass is 231 g/mol. The van der Waals surface area contributed by atoms with Crippen LogP contribution in [0.1, 0.15) is 16.7 Å². The van der Waals surface area contributed by atoms with E-state index in [1.807, 2.05) is 13.0 Å². The number of benzene rings is 1. The Labute approximate surface area is 99.3 Å². The molecule has 2 rings (SSSR count). The fraction of sp³-hybridized carbons (Fsp3) is 0.214. The number of aromatic nitrogens is 1. The van der Waals surface area contributed by atoms with E-state index in [0.717, 1.165) is 11.1 Å². The summed E-state index contributed by atoms with van der Waals surface area (Å²) in [7, 11) is 0. The highest BCUT2D eigenvalue weighted by atomic mass is 19.1. The Bertz CT molecular complexity index is 601. The molecule has 0 fully saturated rings. The SMILES string of the molecule is Cc1cc(F)ccc1Cn1cccc(C)c1=O. The zero-order valence-electron chi connectivity index (χ0n) is 9.90. The third-order valence-electron chi connectivity index (χ3n) is 2.86. The van der Waals surface area contributed by atoms with Crippen LogP contribution in [0.2, 0.25) is 0 Å². The molecule has 0 unspecified atom stereocenters. The largest absolute Gasteiger partial charge is 0.311 e. The van der Waals surface area contributed by atoms with E-state index >= 15 is 0 Å². The third kappa shape index (κ3) is 2.44. The molecule has 0 spiro atoms. The van der Waals surface area contributed by atoms with Gasteiger partial charge in [0.15, 0.2) is 0 Å². The molecule has 0 saturated heterocycles. The van der Waals surface area contributed by atoms with Crippen molar-refractivity contribution in [3.8, 4) is 0 Å². The predicted molar refractivity (Wildman–Crippen MR) is 65.7 cm³/mol. The molecule has 0 bridgehead atoms. The fourth-order valence-corrected chi connectivity index (χ4v) is 1.80. The van der Waals surface area contributed by atoms with E-state index in [2.05, 4.69) is 0 Å². The number of hydrogen-bond donors (Lipinski definition) is 0. The summed E-state index contributed by atoms with van der Waals surface area (Å²) in [6.07, 6.45) is 1.75. The van der Waals surface area contributed by atoms with Crippen LogP contribution in [0.15, 0.2) is 41.3 Å². The van der Waals surface area contributed by atoms with Crippen molar-refractivity contribution in [3.05, 3.63) is 69.4 Å². The van der Waals surface area contributed by atoms with Crippen LogP contribution in [0.5, 0.6) is 0 Å². The van der Waals surface area contributed by atoms with Gasteiger partial charge in [-0.2, -0.15) is 0 Å². The molecule has 1 aromatic carbocycles. The van der Waals surface area contributed by atoms with Gasteiger partial charge in [0.2, 0.25) is 0 Å². The molecule has 0 aliphatic rings. The number of aryl methyl sites for hydroxylation is 2. The molecular weight excluding hydrogens is 217 g/mol. The van der Waals surface area contributed by atoms with E-state index in [0.29, 0.717) is 12.1 Å². The van der Waals surface area contributed by atoms with E-state index in [9.17, 15) is 9.18 Å². The average molecular weight is 231 g/mol. The van der Waals surface area contributed by atoms with Crippen LogP contribution in [0.4, 0.5) is 4.39 Å². The molecule has 2 nitrogen and oxygen atoms in total. The van der Waals surface area contributed by atoms with Gasteiger partial charge < -0.3 is 4.57 Å². The summed E-state index contributed by atoms with van der Waals surface area (Å²) in [5, 5.41) is 0. The quantitative estimate of drug-likeness (QED) is 0.778. The van der Waals surface area contributed by atoms with Crippen LogP contribution >= 0.6 is 0 Å². The van der Waals surface area contributed by atoms with E-state index in [-0.39, 0.29) is 11.4 Å². The first kappa shape index (κ1) is 11.6. The Morgan fingerprint density at radius 3 is 2.65 bits per heavy atom. The van der Waals surface area contributed by atoms with Crippen molar-refractivity contribution in [1.29, 1.82) is 0 Å². The highest BCUT2D eigenvalue weighted by Crippen LogP contribution is 2.11. The van der Waals surface area contributed by atoms with Gasteiger partial charge in [-0.15, -0.1) is 0 Å². The maximum Gasteiger partial charge on any atom is 0.253 e. The van der Waals surface area contributed by atoms with Gasteiger partial charge in [-0.1, -0.05) is 12.1 Å². The molecule has 17 heavy (non-hydrogen) atoms. The number of hydrogen-bond acceptors (Lipinski definition) is 1. The summed E-state index contributed by atoms with van der Waals surface area (Å²) >= 11 is 0. The number of pyridine rings is 1. The fourth-order valence-electron chi connectivity index (χ4n) is 1.80. The maximum atomic E-state index is 13.0. The van der Waals surface area contributed by atoms with Gasteiger partial charge in [0, 0.05) is 11.8 Å². The molecule has 0 radical (unpaired) electrons. The van der Waals surface area contributed by atoms with E-state index in [1.165, 1.54) is 12.1 Å². The maximum absolute atomic E-state index is 13.0. The lowest BCUT2D eigenvalue weighted by Gasteiger charge is -2.09. The van der Waals surface area contributed by atoms with Gasteiger partial charge in [-0.05, 0) is 43.2 Å². The van der Waals surface area contributed by atoms with Crippen LogP contribution < -0.4 is 5.56 Å². The van der Waals surface area contributed by atoms with Gasteiger partial charge >= 0.3 is 0 Å². The summed E-state index contributed by atoms with van der Waals surface area (Å²) in [6, 6.07) is 8.25. The summed E-state index contributed by atoms with van der Waals surface area (Å²) in [6.45, 7) is 4.11. The van der Waals surface area contributed by atoms with Crippen molar-refractivity contribution >= 4 is 0 Å². The van der Waals surface area contributed by atoms with Crippen molar-refractivity contribution in [3.63, 3.8) is 0 Å². The van der Waals surface area contributed by atoms with Crippen molar-refractivity contribution in [2.45, 2.75) is 20.4 Å². The second-order valence-corrected chi connectivity index (χ2v) is 4.20. The van der Waals surface area contributed by atoms with Gasteiger partial charge in [-0.25, -0.2) is 4.39 Å². The number of halogens is 1. The van der Waals surface area contributed by atoms with Crippen LogP contribution in [-0.4, -0.2) is 4.57 Å². The first-order valence-corrected chi connectivity index (χ1v) is 5.49. The minimum absolute atomic E-state index is 0.00350. The number of nitrogens with zero attached hydrogens (tertiary/aromatic N) is 1. The van der Waals surface area contributed by atoms with Gasteiger partial charge in [-0.3, -0.25) is 4.79 Å². The Morgan fingerprint density at radius 2 is 1.94 bits per heavy atom. The Morgan fingerprint density at radius 1 is 1.18 bits per heavy atom. The minimum Gasteiger partial charge on any atom is -0.311 e. The van der Waals surface area contributed by atoms with Crippen LogP contribution in [0.3, 0.4) is 0 Å². The first-order chi connectivity index (χ1) is 8.08. The zero-order chi connectivity index (χ0) is 12.4. The molecule has 0 saturated carbocycles. The Hall–Kier alpha value is -1.90. The zero-order valence-corrected chi connectivity index (χ0v) is 9.90. The third-order valence-corrected chi connectivity index (χ3v) is 2.86. The molecule has 88 valence electrons. The normalized spacial score (nSPS) is 10.5. The number of rotatable bonds is 2. The standard InChI is InChI=1S/C14H14FNO/c1-10-4-3-7-16(14(10)17)9-12-5-6-13(15)8-11(12)2/h3-8H,9H2,1-2H3. The molecule has 1 heterocycles. The predicted octanol–water partition coefficient (Wildman–Crippen LogP) is 2.65. The first-order valence-electron chi connectivity index (χ1n) is 5.49. The van der Waals surface area contributed by atoms with Crippen molar-refractivity contribution < 1.29 is 4.39 Å². The van der Waals surface area contributed by atoms with Crippen LogP contribution in [0.25, 0.3) is 0 Å². The van der Waals surface area contributed by atoms with Crippen molar-refractivity contribution in [2.75, 3.05) is 0 Å². The van der Waals surface area contributed by atoms with Gasteiger partial charge in [0.05, 0.1) is 6.54 Å². The highest BCUT2D eigenvalue weighted by Gasteiger charge is 2.03. The average Bonchev–Trinajstić information content (AvgIpc) is 2.28. The molecular formula is C14H14FNO. The second-order valence-electron chi connectivity index (χ2n) is 4.20. The van der Waals surface area contributed by atoms with Gasteiger partial charge in [0.25, 0.3) is 5.56 Å². The van der Waals surface area contributed by atoms with Gasteiger partial charge in [0.1, 0.15) is 5.82 Å². The molecule has 1 aromatic heterocycles. The lowest BCUT2D eigenvalue weighted by molar-refractivity contribution is 0.624.